The molecule has 3 rings (SSSR count). The lowest BCUT2D eigenvalue weighted by atomic mass is 9.92. The van der Waals surface area contributed by atoms with Crippen molar-refractivity contribution in [2.24, 2.45) is 0 Å². The van der Waals surface area contributed by atoms with Crippen LogP contribution in [-0.4, -0.2) is 23.3 Å². The average molecular weight is 447 g/mol. The van der Waals surface area contributed by atoms with Crippen LogP contribution in [-0.2, 0) is 15.3 Å². The van der Waals surface area contributed by atoms with Gasteiger partial charge in [0.05, 0.1) is 30.2 Å². The van der Waals surface area contributed by atoms with Gasteiger partial charge in [-0.05, 0) is 29.8 Å². The highest BCUT2D eigenvalue weighted by molar-refractivity contribution is 7.98. The molecule has 0 aliphatic heterocycles. The summed E-state index contributed by atoms with van der Waals surface area (Å²) in [5, 5.41) is 20.2. The second kappa shape index (κ2) is 9.73. The molecule has 2 N–H and O–H groups in total. The molecule has 30 heavy (non-hydrogen) atoms. The van der Waals surface area contributed by atoms with Crippen LogP contribution in [0.3, 0.4) is 0 Å². The van der Waals surface area contributed by atoms with Gasteiger partial charge >= 0.3 is 5.97 Å². The number of aromatic hydroxyl groups is 2. The average Bonchev–Trinajstić information content (AvgIpc) is 2.75. The molecule has 0 amide bonds. The van der Waals surface area contributed by atoms with E-state index in [0.29, 0.717) is 17.1 Å². The Hall–Kier alpha value is -2.90. The summed E-state index contributed by atoms with van der Waals surface area (Å²) in [6, 6.07) is 15.2. The van der Waals surface area contributed by atoms with Gasteiger partial charge < -0.3 is 19.4 Å². The Labute approximate surface area is 182 Å². The maximum atomic E-state index is 12.4. The van der Waals surface area contributed by atoms with Crippen molar-refractivity contribution in [2.75, 3.05) is 7.11 Å². The number of benzene rings is 2. The zero-order chi connectivity index (χ0) is 21.7. The van der Waals surface area contributed by atoms with Gasteiger partial charge in [0.1, 0.15) is 11.5 Å². The van der Waals surface area contributed by atoms with Gasteiger partial charge in [-0.2, -0.15) is 0 Å². The summed E-state index contributed by atoms with van der Waals surface area (Å²) in [7, 11) is 1.24. The van der Waals surface area contributed by atoms with Crippen molar-refractivity contribution >= 4 is 29.3 Å². The first kappa shape index (κ1) is 21.8. The topological polar surface area (TPSA) is 97.0 Å². The van der Waals surface area contributed by atoms with Crippen molar-refractivity contribution in [3.8, 4) is 11.5 Å². The summed E-state index contributed by atoms with van der Waals surface area (Å²) in [6.45, 7) is 0. The minimum Gasteiger partial charge on any atom is -0.506 e. The van der Waals surface area contributed by atoms with Gasteiger partial charge in [0.15, 0.2) is 5.76 Å². The fraction of sp³-hybridized carbons (Fsp3) is 0.182. The van der Waals surface area contributed by atoms with Crippen LogP contribution in [0.5, 0.6) is 11.5 Å². The Bertz CT molecular complexity index is 1100. The van der Waals surface area contributed by atoms with Crippen LogP contribution in [0, 0.1) is 0 Å². The number of rotatable bonds is 7. The predicted octanol–water partition coefficient (Wildman–Crippen LogP) is 4.69. The Morgan fingerprint density at radius 3 is 2.57 bits per heavy atom. The molecule has 6 nitrogen and oxygen atoms in total. The number of methoxy groups -OCH3 is 1. The minimum absolute atomic E-state index is 0.0571. The van der Waals surface area contributed by atoms with Gasteiger partial charge in [0.2, 0.25) is 11.2 Å². The smallest absolute Gasteiger partial charge is 0.306 e. The third-order valence-corrected chi connectivity index (χ3v) is 5.75. The van der Waals surface area contributed by atoms with Gasteiger partial charge in [-0.25, -0.2) is 0 Å². The van der Waals surface area contributed by atoms with Crippen molar-refractivity contribution in [2.45, 2.75) is 23.0 Å². The van der Waals surface area contributed by atoms with Crippen LogP contribution in [0.1, 0.15) is 29.4 Å². The molecule has 156 valence electrons. The first-order chi connectivity index (χ1) is 14.4. The standard InChI is InChI=1S/C22H19ClO6S/c1-28-20(26)11-16(13-7-8-18(24)17(23)9-13)22-21(27)19(25)10-14(29-22)12-30-15-5-3-2-4-6-15/h2-10,16,24,27H,11-12H2,1H3/t16-/m0/s1. The van der Waals surface area contributed by atoms with Crippen LogP contribution in [0.25, 0.3) is 0 Å². The van der Waals surface area contributed by atoms with E-state index in [9.17, 15) is 19.8 Å². The van der Waals surface area contributed by atoms with Crippen molar-refractivity contribution in [1.29, 1.82) is 0 Å². The molecule has 0 unspecified atom stereocenters. The number of hydrogen-bond donors (Lipinski definition) is 2. The van der Waals surface area contributed by atoms with Gasteiger partial charge in [0, 0.05) is 11.0 Å². The number of phenolic OH excluding ortho intramolecular Hbond substituents is 1. The number of thioether (sulfide) groups is 1. The molecule has 3 aromatic rings. The number of hydrogen-bond acceptors (Lipinski definition) is 7. The minimum atomic E-state index is -0.829. The van der Waals surface area contributed by atoms with Gasteiger partial charge in [-0.1, -0.05) is 35.9 Å². The molecule has 0 radical (unpaired) electrons. The highest BCUT2D eigenvalue weighted by atomic mass is 35.5. The predicted molar refractivity (Wildman–Crippen MR) is 114 cm³/mol. The van der Waals surface area contributed by atoms with Crippen molar-refractivity contribution in [3.63, 3.8) is 0 Å². The summed E-state index contributed by atoms with van der Waals surface area (Å²) in [4.78, 5) is 25.4. The van der Waals surface area contributed by atoms with Crippen molar-refractivity contribution in [3.05, 3.63) is 86.9 Å². The van der Waals surface area contributed by atoms with Crippen LogP contribution in [0.15, 0.2) is 68.7 Å². The number of ether oxygens (including phenoxy) is 1. The van der Waals surface area contributed by atoms with E-state index >= 15 is 0 Å². The molecule has 1 atom stereocenters. The molecule has 0 fully saturated rings. The zero-order valence-electron chi connectivity index (χ0n) is 16.0. The van der Waals surface area contributed by atoms with Gasteiger partial charge in [-0.15, -0.1) is 11.8 Å². The number of carbonyl (C=O) groups excluding carboxylic acids is 1. The fourth-order valence-electron chi connectivity index (χ4n) is 2.89. The van der Waals surface area contributed by atoms with E-state index in [-0.39, 0.29) is 23.0 Å². The van der Waals surface area contributed by atoms with E-state index in [0.717, 1.165) is 4.90 Å². The summed E-state index contributed by atoms with van der Waals surface area (Å²) < 4.78 is 10.6. The zero-order valence-corrected chi connectivity index (χ0v) is 17.6. The Balaban J connectivity index is 2.00. The highest BCUT2D eigenvalue weighted by Crippen LogP contribution is 2.37. The van der Waals surface area contributed by atoms with E-state index < -0.39 is 23.1 Å². The van der Waals surface area contributed by atoms with E-state index in [1.54, 1.807) is 6.07 Å². The van der Waals surface area contributed by atoms with Crippen LogP contribution in [0.4, 0.5) is 0 Å². The Kier molecular flexibility index (Phi) is 7.07. The summed E-state index contributed by atoms with van der Waals surface area (Å²) in [5.41, 5.74) is -0.130. The quantitative estimate of drug-likeness (QED) is 0.401. The second-order valence-electron chi connectivity index (χ2n) is 6.44. The Morgan fingerprint density at radius 2 is 1.90 bits per heavy atom. The maximum absolute atomic E-state index is 12.4. The summed E-state index contributed by atoms with van der Waals surface area (Å²) in [6.07, 6.45) is -0.191. The lowest BCUT2D eigenvalue weighted by Gasteiger charge is -2.18. The van der Waals surface area contributed by atoms with Crippen LogP contribution in [0.2, 0.25) is 5.02 Å². The molecule has 1 heterocycles. The summed E-state index contributed by atoms with van der Waals surface area (Å²) in [5.74, 6) is -1.45. The molecule has 0 spiro atoms. The molecule has 0 aliphatic rings. The first-order valence-corrected chi connectivity index (χ1v) is 10.3. The first-order valence-electron chi connectivity index (χ1n) is 8.98. The fourth-order valence-corrected chi connectivity index (χ4v) is 3.88. The largest absolute Gasteiger partial charge is 0.506 e. The molecular weight excluding hydrogens is 428 g/mol. The lowest BCUT2D eigenvalue weighted by Crippen LogP contribution is -2.14. The van der Waals surface area contributed by atoms with Gasteiger partial charge in [0.25, 0.3) is 0 Å². The highest BCUT2D eigenvalue weighted by Gasteiger charge is 2.27. The molecule has 0 bridgehead atoms. The molecular formula is C22H19ClO6S. The maximum Gasteiger partial charge on any atom is 0.306 e. The molecule has 1 aromatic heterocycles. The lowest BCUT2D eigenvalue weighted by molar-refractivity contribution is -0.140. The number of esters is 1. The molecule has 0 aliphatic carbocycles. The van der Waals surface area contributed by atoms with E-state index in [1.165, 1.54) is 37.1 Å². The number of halogens is 1. The number of carbonyl (C=O) groups is 1. The normalized spacial score (nSPS) is 11.8. The van der Waals surface area contributed by atoms with Crippen LogP contribution < -0.4 is 5.43 Å². The second-order valence-corrected chi connectivity index (χ2v) is 7.89. The molecule has 0 saturated carbocycles. The summed E-state index contributed by atoms with van der Waals surface area (Å²) >= 11 is 7.48. The van der Waals surface area contributed by atoms with E-state index in [2.05, 4.69) is 0 Å². The van der Waals surface area contributed by atoms with Crippen LogP contribution >= 0.6 is 23.4 Å². The number of phenols is 1. The van der Waals surface area contributed by atoms with Gasteiger partial charge in [-0.3, -0.25) is 9.59 Å². The van der Waals surface area contributed by atoms with E-state index in [4.69, 9.17) is 20.8 Å². The third-order valence-electron chi connectivity index (χ3n) is 4.41. The molecule has 2 aromatic carbocycles. The van der Waals surface area contributed by atoms with Crippen molar-refractivity contribution < 1.29 is 24.2 Å². The molecule has 0 saturated heterocycles. The third kappa shape index (κ3) is 5.17. The Morgan fingerprint density at radius 1 is 1.17 bits per heavy atom. The van der Waals surface area contributed by atoms with Crippen molar-refractivity contribution in [1.82, 2.24) is 0 Å². The SMILES string of the molecule is COC(=O)C[C@@H](c1ccc(O)c(Cl)c1)c1oc(CSc2ccccc2)cc(=O)c1O. The van der Waals surface area contributed by atoms with E-state index in [1.807, 2.05) is 30.3 Å². The molecule has 8 heteroatoms. The monoisotopic (exact) mass is 446 g/mol.